The zero-order valence-electron chi connectivity index (χ0n) is 12.5. The summed E-state index contributed by atoms with van der Waals surface area (Å²) in [6, 6.07) is 0. The summed E-state index contributed by atoms with van der Waals surface area (Å²) >= 11 is 4.71. The Balaban J connectivity index is 1.82. The molecule has 0 saturated carbocycles. The lowest BCUT2D eigenvalue weighted by molar-refractivity contribution is -0.0490. The van der Waals surface area contributed by atoms with Crippen molar-refractivity contribution >= 4 is 35.5 Å². The van der Waals surface area contributed by atoms with Crippen molar-refractivity contribution in [2.24, 2.45) is 0 Å². The molecule has 3 heterocycles. The molecule has 1 aliphatic rings. The van der Waals surface area contributed by atoms with Crippen molar-refractivity contribution in [3.05, 3.63) is 12.7 Å². The van der Waals surface area contributed by atoms with Crippen molar-refractivity contribution in [2.75, 3.05) is 19.5 Å². The number of rotatable bonds is 5. The van der Waals surface area contributed by atoms with E-state index in [-0.39, 0.29) is 12.4 Å². The van der Waals surface area contributed by atoms with Gasteiger partial charge in [-0.1, -0.05) is 0 Å². The van der Waals surface area contributed by atoms with Gasteiger partial charge in [-0.3, -0.25) is 4.57 Å². The minimum Gasteiger partial charge on any atom is -0.387 e. The summed E-state index contributed by atoms with van der Waals surface area (Å²) in [5.41, 5.74) is 6.42. The molecule has 0 spiro atoms. The number of aliphatic hydroxyl groups is 2. The van der Waals surface area contributed by atoms with Crippen LogP contribution in [0.3, 0.4) is 0 Å². The number of nitrogens with two attached hydrogens (primary N) is 1. The molecule has 2 aromatic heterocycles. The number of fused-ring (bicyclic) bond motifs is 1. The lowest BCUT2D eigenvalue weighted by Gasteiger charge is -2.18. The molecular formula is C11H16N5O6PS. The van der Waals surface area contributed by atoms with Gasteiger partial charge >= 0.3 is 6.72 Å². The number of anilines is 1. The van der Waals surface area contributed by atoms with E-state index in [0.29, 0.717) is 11.2 Å². The molecule has 132 valence electrons. The highest BCUT2D eigenvalue weighted by Crippen LogP contribution is 2.43. The van der Waals surface area contributed by atoms with E-state index in [1.807, 2.05) is 0 Å². The van der Waals surface area contributed by atoms with Crippen molar-refractivity contribution in [3.63, 3.8) is 0 Å². The smallest absolute Gasteiger partial charge is 0.324 e. The molecule has 0 aliphatic carbocycles. The number of ether oxygens (including phenoxy) is 1. The van der Waals surface area contributed by atoms with Crippen molar-refractivity contribution in [1.82, 2.24) is 19.5 Å². The highest BCUT2D eigenvalue weighted by atomic mass is 32.5. The molecule has 0 bridgehead atoms. The van der Waals surface area contributed by atoms with Gasteiger partial charge in [0.05, 0.1) is 12.9 Å². The van der Waals surface area contributed by atoms with Gasteiger partial charge in [0.25, 0.3) is 0 Å². The van der Waals surface area contributed by atoms with Crippen LogP contribution in [-0.4, -0.2) is 66.7 Å². The molecule has 1 aliphatic heterocycles. The van der Waals surface area contributed by atoms with Gasteiger partial charge in [0.1, 0.15) is 30.2 Å². The summed E-state index contributed by atoms with van der Waals surface area (Å²) in [4.78, 5) is 21.6. The first-order valence-corrected chi connectivity index (χ1v) is 9.41. The van der Waals surface area contributed by atoms with E-state index < -0.39 is 31.3 Å². The van der Waals surface area contributed by atoms with Crippen LogP contribution in [0.25, 0.3) is 11.2 Å². The van der Waals surface area contributed by atoms with Crippen LogP contribution in [0.15, 0.2) is 12.7 Å². The van der Waals surface area contributed by atoms with Crippen LogP contribution >= 0.6 is 6.72 Å². The molecule has 2 aromatic rings. The second-order valence-corrected chi connectivity index (χ2v) is 8.02. The van der Waals surface area contributed by atoms with Crippen LogP contribution in [-0.2, 0) is 25.6 Å². The van der Waals surface area contributed by atoms with E-state index in [1.165, 1.54) is 24.3 Å². The first kappa shape index (κ1) is 17.6. The lowest BCUT2D eigenvalue weighted by Crippen LogP contribution is -2.33. The zero-order chi connectivity index (χ0) is 17.5. The van der Waals surface area contributed by atoms with E-state index >= 15 is 0 Å². The van der Waals surface area contributed by atoms with Crippen LogP contribution in [0.5, 0.6) is 0 Å². The van der Waals surface area contributed by atoms with Gasteiger partial charge < -0.3 is 34.6 Å². The topological polar surface area (TPSA) is 158 Å². The molecule has 3 rings (SSSR count). The Hall–Kier alpha value is -1.24. The van der Waals surface area contributed by atoms with Crippen molar-refractivity contribution in [3.8, 4) is 0 Å². The number of nitrogens with zero attached hydrogens (tertiary/aromatic N) is 4. The quantitative estimate of drug-likeness (QED) is 0.469. The van der Waals surface area contributed by atoms with Gasteiger partial charge in [-0.15, -0.1) is 0 Å². The maximum absolute atomic E-state index is 10.3. The second kappa shape index (κ2) is 6.58. The third kappa shape index (κ3) is 3.15. The molecule has 0 amide bonds. The number of hydrogen-bond donors (Lipinski definition) is 4. The molecule has 1 fully saturated rings. The van der Waals surface area contributed by atoms with Crippen LogP contribution in [0.2, 0.25) is 0 Å². The highest BCUT2D eigenvalue weighted by Gasteiger charge is 2.45. The minimum atomic E-state index is -3.39. The highest BCUT2D eigenvalue weighted by molar-refractivity contribution is 8.07. The van der Waals surface area contributed by atoms with E-state index in [9.17, 15) is 15.1 Å². The fourth-order valence-corrected chi connectivity index (χ4v) is 3.00. The molecule has 13 heteroatoms. The molecule has 0 aromatic carbocycles. The molecule has 24 heavy (non-hydrogen) atoms. The standard InChI is InChI=1S/C11H16N5O6PS/c1-20-23(19,24)21-2-5-7(17)8(18)11(22-5)16-4-15-6-9(12)13-3-14-10(6)16/h3-5,7-8,11,17-18H,2H2,1H3,(H,19,24)(H2,12,13,14). The Labute approximate surface area is 141 Å². The van der Waals surface area contributed by atoms with Gasteiger partial charge in [0.15, 0.2) is 17.7 Å². The molecular weight excluding hydrogens is 361 g/mol. The second-order valence-electron chi connectivity index (χ2n) is 5.08. The Morgan fingerprint density at radius 3 is 2.83 bits per heavy atom. The summed E-state index contributed by atoms with van der Waals surface area (Å²) in [6.07, 6.45) is -1.79. The van der Waals surface area contributed by atoms with Crippen LogP contribution in [0.1, 0.15) is 6.23 Å². The third-order valence-electron chi connectivity index (χ3n) is 3.63. The maximum atomic E-state index is 10.3. The average Bonchev–Trinajstić information content (AvgIpc) is 3.10. The summed E-state index contributed by atoms with van der Waals surface area (Å²) < 4.78 is 16.7. The minimum absolute atomic E-state index is 0.188. The molecule has 1 saturated heterocycles. The lowest BCUT2D eigenvalue weighted by atomic mass is 10.1. The first-order chi connectivity index (χ1) is 11.3. The Morgan fingerprint density at radius 2 is 2.12 bits per heavy atom. The predicted molar refractivity (Wildman–Crippen MR) is 85.1 cm³/mol. The van der Waals surface area contributed by atoms with Gasteiger partial charge in [0, 0.05) is 7.11 Å². The fraction of sp³-hybridized carbons (Fsp3) is 0.545. The van der Waals surface area contributed by atoms with E-state index in [4.69, 9.17) is 26.8 Å². The van der Waals surface area contributed by atoms with Crippen molar-refractivity contribution in [2.45, 2.75) is 24.5 Å². The molecule has 11 nitrogen and oxygen atoms in total. The van der Waals surface area contributed by atoms with E-state index in [0.717, 1.165) is 0 Å². The number of aromatic nitrogens is 4. The summed E-state index contributed by atoms with van der Waals surface area (Å²) in [7, 11) is 1.21. The van der Waals surface area contributed by atoms with Crippen LogP contribution in [0.4, 0.5) is 5.82 Å². The van der Waals surface area contributed by atoms with Gasteiger partial charge in [0.2, 0.25) is 0 Å². The number of aliphatic hydroxyl groups excluding tert-OH is 2. The van der Waals surface area contributed by atoms with E-state index in [1.54, 1.807) is 0 Å². The SMILES string of the molecule is COP(O)(=S)OCC1OC(n2cnc3c(N)ncnc32)C(O)C1O. The maximum Gasteiger partial charge on any atom is 0.324 e. The summed E-state index contributed by atoms with van der Waals surface area (Å²) in [6.45, 7) is -3.64. The van der Waals surface area contributed by atoms with Crippen LogP contribution < -0.4 is 5.73 Å². The Kier molecular flexibility index (Phi) is 4.82. The van der Waals surface area contributed by atoms with Gasteiger partial charge in [-0.25, -0.2) is 15.0 Å². The monoisotopic (exact) mass is 377 g/mol. The van der Waals surface area contributed by atoms with Crippen molar-refractivity contribution in [1.29, 1.82) is 0 Å². The van der Waals surface area contributed by atoms with Crippen LogP contribution in [0, 0.1) is 0 Å². The Bertz CT molecular complexity index is 789. The molecule has 5 atom stereocenters. The fourth-order valence-electron chi connectivity index (χ4n) is 2.37. The normalized spacial score (nSPS) is 29.8. The number of nitrogen functional groups attached to an aromatic ring is 1. The zero-order valence-corrected chi connectivity index (χ0v) is 14.2. The first-order valence-electron chi connectivity index (χ1n) is 6.81. The Morgan fingerprint density at radius 1 is 1.38 bits per heavy atom. The van der Waals surface area contributed by atoms with Gasteiger partial charge in [-0.05, 0) is 11.8 Å². The molecule has 5 unspecified atom stereocenters. The summed E-state index contributed by atoms with van der Waals surface area (Å²) in [5.74, 6) is 0.188. The number of hydrogen-bond acceptors (Lipinski definition) is 10. The largest absolute Gasteiger partial charge is 0.387 e. The van der Waals surface area contributed by atoms with E-state index in [2.05, 4.69) is 19.5 Å². The average molecular weight is 377 g/mol. The number of imidazole rings is 1. The molecule has 0 radical (unpaired) electrons. The van der Waals surface area contributed by atoms with Crippen molar-refractivity contribution < 1.29 is 28.9 Å². The third-order valence-corrected chi connectivity index (χ3v) is 5.33. The summed E-state index contributed by atoms with van der Waals surface area (Å²) in [5, 5.41) is 20.4. The molecule has 5 N–H and O–H groups in total. The predicted octanol–water partition coefficient (Wildman–Crippen LogP) is -1.09. The van der Waals surface area contributed by atoms with Gasteiger partial charge in [-0.2, -0.15) is 0 Å².